The number of carboxylic acid groups (broad SMARTS) is 1. The molecule has 0 saturated heterocycles. The van der Waals surface area contributed by atoms with Crippen LogP contribution >= 0.6 is 11.8 Å². The molecular weight excluding hydrogens is 282 g/mol. The fourth-order valence-electron chi connectivity index (χ4n) is 1.09. The number of hydrogen-bond donors (Lipinski definition) is 3. The van der Waals surface area contributed by atoms with E-state index in [-0.39, 0.29) is 24.8 Å². The van der Waals surface area contributed by atoms with E-state index in [0.29, 0.717) is 5.16 Å². The van der Waals surface area contributed by atoms with Crippen molar-refractivity contribution in [2.45, 2.75) is 11.7 Å². The molecule has 1 rings (SSSR count). The van der Waals surface area contributed by atoms with E-state index >= 15 is 0 Å². The molecule has 1 aromatic rings. The summed E-state index contributed by atoms with van der Waals surface area (Å²) in [7, 11) is -3.27. The summed E-state index contributed by atoms with van der Waals surface area (Å²) >= 11 is 0.966. The van der Waals surface area contributed by atoms with Crippen molar-refractivity contribution in [3.63, 3.8) is 0 Å². The van der Waals surface area contributed by atoms with Gasteiger partial charge < -0.3 is 10.8 Å². The Balaban J connectivity index is 2.63. The van der Waals surface area contributed by atoms with E-state index in [9.17, 15) is 13.2 Å². The minimum atomic E-state index is -3.27. The predicted molar refractivity (Wildman–Crippen MR) is 65.6 cm³/mol. The zero-order chi connectivity index (χ0) is 13.8. The fraction of sp³-hybridized carbons (Fsp3) is 0.571. The van der Waals surface area contributed by atoms with Crippen molar-refractivity contribution >= 4 is 33.7 Å². The standard InChI is InChI=1S/C7H13N5O4S2/c1-18(15,16)9-2-3-12-6(8)10-11-7(12)17-4-5(13)14/h9H,2-4H2,1H3,(H2,8,10)(H,13,14). The summed E-state index contributed by atoms with van der Waals surface area (Å²) in [6.07, 6.45) is 1.04. The highest BCUT2D eigenvalue weighted by Gasteiger charge is 2.12. The molecular formula is C7H13N5O4S2. The normalized spacial score (nSPS) is 11.6. The van der Waals surface area contributed by atoms with Crippen molar-refractivity contribution in [1.29, 1.82) is 0 Å². The van der Waals surface area contributed by atoms with Gasteiger partial charge in [-0.05, 0) is 0 Å². The highest BCUT2D eigenvalue weighted by molar-refractivity contribution is 7.99. The number of aromatic nitrogens is 3. The van der Waals surface area contributed by atoms with Crippen LogP contribution in [0.25, 0.3) is 0 Å². The maximum atomic E-state index is 10.9. The first-order chi connectivity index (χ1) is 8.29. The average Bonchev–Trinajstić information content (AvgIpc) is 2.56. The van der Waals surface area contributed by atoms with Crippen molar-refractivity contribution in [3.05, 3.63) is 0 Å². The number of nitrogens with two attached hydrogens (primary N) is 1. The topological polar surface area (TPSA) is 140 Å². The van der Waals surface area contributed by atoms with Crippen molar-refractivity contribution in [2.75, 3.05) is 24.3 Å². The first-order valence-electron chi connectivity index (χ1n) is 4.77. The van der Waals surface area contributed by atoms with Crippen LogP contribution in [0.2, 0.25) is 0 Å². The minimum absolute atomic E-state index is 0.109. The molecule has 0 spiro atoms. The Morgan fingerprint density at radius 1 is 1.56 bits per heavy atom. The first-order valence-corrected chi connectivity index (χ1v) is 7.65. The molecule has 0 fully saturated rings. The lowest BCUT2D eigenvalue weighted by atomic mass is 10.6. The molecule has 0 aliphatic carbocycles. The van der Waals surface area contributed by atoms with Crippen LogP contribution in [0.3, 0.4) is 0 Å². The molecule has 11 heteroatoms. The van der Waals surface area contributed by atoms with E-state index in [1.807, 2.05) is 0 Å². The summed E-state index contributed by atoms with van der Waals surface area (Å²) in [4.78, 5) is 10.4. The number of nitrogen functional groups attached to an aromatic ring is 1. The van der Waals surface area contributed by atoms with Crippen LogP contribution in [0.15, 0.2) is 5.16 Å². The third-order valence-electron chi connectivity index (χ3n) is 1.77. The summed E-state index contributed by atoms with van der Waals surface area (Å²) in [6.45, 7) is 0.357. The van der Waals surface area contributed by atoms with Gasteiger partial charge in [0.2, 0.25) is 16.0 Å². The third kappa shape index (κ3) is 4.89. The Hall–Kier alpha value is -1.33. The number of rotatable bonds is 7. The van der Waals surface area contributed by atoms with Gasteiger partial charge in [-0.2, -0.15) is 0 Å². The SMILES string of the molecule is CS(=O)(=O)NCCn1c(N)nnc1SCC(=O)O. The summed E-state index contributed by atoms with van der Waals surface area (Å²) in [6, 6.07) is 0. The summed E-state index contributed by atoms with van der Waals surface area (Å²) in [5.41, 5.74) is 5.55. The van der Waals surface area contributed by atoms with Gasteiger partial charge in [-0.15, -0.1) is 10.2 Å². The zero-order valence-corrected chi connectivity index (χ0v) is 11.2. The average molecular weight is 295 g/mol. The molecule has 0 aromatic carbocycles. The molecule has 4 N–H and O–H groups in total. The van der Waals surface area contributed by atoms with E-state index in [1.165, 1.54) is 4.57 Å². The molecule has 0 aliphatic rings. The molecule has 0 radical (unpaired) electrons. The van der Waals surface area contributed by atoms with E-state index in [0.717, 1.165) is 18.0 Å². The van der Waals surface area contributed by atoms with Gasteiger partial charge in [0.05, 0.1) is 12.0 Å². The number of nitrogens with one attached hydrogen (secondary N) is 1. The third-order valence-corrected chi connectivity index (χ3v) is 3.45. The fourth-order valence-corrected chi connectivity index (χ4v) is 2.24. The number of nitrogens with zero attached hydrogens (tertiary/aromatic N) is 3. The second-order valence-electron chi connectivity index (χ2n) is 3.34. The van der Waals surface area contributed by atoms with Gasteiger partial charge in [-0.1, -0.05) is 11.8 Å². The zero-order valence-electron chi connectivity index (χ0n) is 9.53. The molecule has 0 unspecified atom stereocenters. The largest absolute Gasteiger partial charge is 0.481 e. The second-order valence-corrected chi connectivity index (χ2v) is 6.12. The van der Waals surface area contributed by atoms with Crippen molar-refractivity contribution < 1.29 is 18.3 Å². The lowest BCUT2D eigenvalue weighted by Gasteiger charge is -2.07. The minimum Gasteiger partial charge on any atom is -0.481 e. The van der Waals surface area contributed by atoms with Crippen LogP contribution in [0, 0.1) is 0 Å². The monoisotopic (exact) mass is 295 g/mol. The Bertz CT molecular complexity index is 526. The van der Waals surface area contributed by atoms with Crippen LogP contribution in [-0.2, 0) is 21.4 Å². The lowest BCUT2D eigenvalue weighted by molar-refractivity contribution is -0.133. The van der Waals surface area contributed by atoms with Crippen molar-refractivity contribution in [3.8, 4) is 0 Å². The van der Waals surface area contributed by atoms with Gasteiger partial charge in [0.15, 0.2) is 5.16 Å². The molecule has 102 valence electrons. The molecule has 0 bridgehead atoms. The predicted octanol–water partition coefficient (Wildman–Crippen LogP) is -1.41. The van der Waals surface area contributed by atoms with Crippen molar-refractivity contribution in [2.24, 2.45) is 0 Å². The number of carboxylic acids is 1. The van der Waals surface area contributed by atoms with Gasteiger partial charge in [-0.25, -0.2) is 13.1 Å². The van der Waals surface area contributed by atoms with Crippen LogP contribution in [0.4, 0.5) is 5.95 Å². The van der Waals surface area contributed by atoms with Gasteiger partial charge in [0.1, 0.15) is 0 Å². The van der Waals surface area contributed by atoms with E-state index < -0.39 is 16.0 Å². The van der Waals surface area contributed by atoms with E-state index in [2.05, 4.69) is 14.9 Å². The molecule has 0 atom stereocenters. The maximum absolute atomic E-state index is 10.9. The highest BCUT2D eigenvalue weighted by Crippen LogP contribution is 2.17. The summed E-state index contributed by atoms with van der Waals surface area (Å²) in [5, 5.41) is 16.2. The number of aliphatic carboxylic acids is 1. The van der Waals surface area contributed by atoms with E-state index in [1.54, 1.807) is 0 Å². The highest BCUT2D eigenvalue weighted by atomic mass is 32.2. The first kappa shape index (κ1) is 14.7. The van der Waals surface area contributed by atoms with E-state index in [4.69, 9.17) is 10.8 Å². The van der Waals surface area contributed by atoms with Crippen LogP contribution < -0.4 is 10.5 Å². The number of anilines is 1. The molecule has 9 nitrogen and oxygen atoms in total. The number of hydrogen-bond acceptors (Lipinski definition) is 7. The number of thioether (sulfide) groups is 1. The molecule has 1 aromatic heterocycles. The molecule has 0 saturated carbocycles. The van der Waals surface area contributed by atoms with Gasteiger partial charge in [-0.3, -0.25) is 9.36 Å². The molecule has 18 heavy (non-hydrogen) atoms. The van der Waals surface area contributed by atoms with Gasteiger partial charge in [0, 0.05) is 13.1 Å². The van der Waals surface area contributed by atoms with Gasteiger partial charge in [0.25, 0.3) is 0 Å². The summed E-state index contributed by atoms with van der Waals surface area (Å²) < 4.78 is 25.5. The van der Waals surface area contributed by atoms with Crippen LogP contribution in [0.1, 0.15) is 0 Å². The molecule has 0 aliphatic heterocycles. The van der Waals surface area contributed by atoms with Crippen molar-refractivity contribution in [1.82, 2.24) is 19.5 Å². The Morgan fingerprint density at radius 2 is 2.22 bits per heavy atom. The Kier molecular flexibility index (Phi) is 4.93. The molecule has 1 heterocycles. The van der Waals surface area contributed by atoms with Crippen LogP contribution in [0.5, 0.6) is 0 Å². The smallest absolute Gasteiger partial charge is 0.313 e. The Labute approximate surface area is 108 Å². The quantitative estimate of drug-likeness (QED) is 0.521. The number of sulfonamides is 1. The van der Waals surface area contributed by atoms with Crippen LogP contribution in [-0.4, -0.2) is 52.8 Å². The Morgan fingerprint density at radius 3 is 2.78 bits per heavy atom. The summed E-state index contributed by atoms with van der Waals surface area (Å²) in [5.74, 6) is -1.04. The second kappa shape index (κ2) is 6.02. The molecule has 0 amide bonds. The number of carbonyl (C=O) groups is 1. The maximum Gasteiger partial charge on any atom is 0.313 e. The van der Waals surface area contributed by atoms with Gasteiger partial charge >= 0.3 is 5.97 Å². The lowest BCUT2D eigenvalue weighted by Crippen LogP contribution is -2.26.